The lowest BCUT2D eigenvalue weighted by molar-refractivity contribution is -0.133. The Hall–Kier alpha value is -1.84. The fraction of sp³-hybridized carbons (Fsp3) is 0.200. The summed E-state index contributed by atoms with van der Waals surface area (Å²) in [5.41, 5.74) is 0.719. The lowest BCUT2D eigenvalue weighted by Crippen LogP contribution is -2.32. The van der Waals surface area contributed by atoms with Crippen molar-refractivity contribution in [3.05, 3.63) is 35.7 Å². The van der Waals surface area contributed by atoms with Crippen LogP contribution in [0.4, 0.5) is 0 Å². The molecule has 0 aromatic carbocycles. The highest BCUT2D eigenvalue weighted by Gasteiger charge is 2.25. The van der Waals surface area contributed by atoms with Crippen molar-refractivity contribution in [1.29, 1.82) is 0 Å². The Kier molecular flexibility index (Phi) is 1.96. The predicted molar refractivity (Wildman–Crippen MR) is 49.3 cm³/mol. The number of carbonyl (C=O) groups excluding carboxylic acids is 1. The molecule has 0 aromatic heterocycles. The van der Waals surface area contributed by atoms with Crippen molar-refractivity contribution in [3.63, 3.8) is 0 Å². The maximum atomic E-state index is 11.5. The third-order valence-corrected chi connectivity index (χ3v) is 2.22. The van der Waals surface area contributed by atoms with E-state index < -0.39 is 5.97 Å². The van der Waals surface area contributed by atoms with Crippen LogP contribution in [0.2, 0.25) is 0 Å². The molecule has 0 radical (unpaired) electrons. The Morgan fingerprint density at radius 3 is 3.00 bits per heavy atom. The first-order chi connectivity index (χ1) is 6.68. The van der Waals surface area contributed by atoms with E-state index in [4.69, 9.17) is 5.11 Å². The molecule has 14 heavy (non-hydrogen) atoms. The quantitative estimate of drug-likeness (QED) is 0.662. The molecule has 0 aromatic rings. The standard InChI is InChI=1S/C10H9NO3/c12-9-5-7(10(13)14)6-11-4-2-1-3-8(9)11/h2-5H,1,6H2,(H,13,14). The minimum absolute atomic E-state index is 0.138. The zero-order chi connectivity index (χ0) is 10.1. The molecule has 0 aliphatic carbocycles. The minimum atomic E-state index is -1.03. The summed E-state index contributed by atoms with van der Waals surface area (Å²) in [5.74, 6) is -1.26. The molecule has 0 saturated heterocycles. The maximum Gasteiger partial charge on any atom is 0.333 e. The Morgan fingerprint density at radius 1 is 1.50 bits per heavy atom. The highest BCUT2D eigenvalue weighted by molar-refractivity contribution is 6.09. The Morgan fingerprint density at radius 2 is 2.29 bits per heavy atom. The van der Waals surface area contributed by atoms with Gasteiger partial charge in [-0.1, -0.05) is 12.2 Å². The van der Waals surface area contributed by atoms with Crippen molar-refractivity contribution in [2.24, 2.45) is 0 Å². The average Bonchev–Trinajstić information content (AvgIpc) is 2.17. The van der Waals surface area contributed by atoms with Crippen molar-refractivity contribution in [3.8, 4) is 0 Å². The van der Waals surface area contributed by atoms with Crippen LogP contribution in [0.5, 0.6) is 0 Å². The summed E-state index contributed by atoms with van der Waals surface area (Å²) in [6.07, 6.45) is 7.37. The zero-order valence-electron chi connectivity index (χ0n) is 7.43. The second-order valence-electron chi connectivity index (χ2n) is 3.18. The summed E-state index contributed by atoms with van der Waals surface area (Å²) >= 11 is 0. The van der Waals surface area contributed by atoms with Gasteiger partial charge < -0.3 is 10.0 Å². The SMILES string of the molecule is O=C(O)C1=CC(=O)C2=CCC=CN2C1. The van der Waals surface area contributed by atoms with Crippen LogP contribution in [0.25, 0.3) is 0 Å². The monoisotopic (exact) mass is 191 g/mol. The molecule has 72 valence electrons. The smallest absolute Gasteiger partial charge is 0.333 e. The molecule has 4 heteroatoms. The number of hydrogen-bond donors (Lipinski definition) is 1. The number of carboxylic acid groups (broad SMARTS) is 1. The summed E-state index contributed by atoms with van der Waals surface area (Å²) in [6, 6.07) is 0. The van der Waals surface area contributed by atoms with E-state index in [-0.39, 0.29) is 17.9 Å². The van der Waals surface area contributed by atoms with Crippen LogP contribution in [0.15, 0.2) is 35.7 Å². The van der Waals surface area contributed by atoms with Gasteiger partial charge in [-0.25, -0.2) is 4.79 Å². The topological polar surface area (TPSA) is 57.6 Å². The van der Waals surface area contributed by atoms with E-state index in [0.29, 0.717) is 5.70 Å². The maximum absolute atomic E-state index is 11.5. The van der Waals surface area contributed by atoms with Crippen LogP contribution < -0.4 is 0 Å². The number of hydrogen-bond acceptors (Lipinski definition) is 3. The Labute approximate surface area is 80.8 Å². The molecule has 2 aliphatic heterocycles. The van der Waals surface area contributed by atoms with Gasteiger partial charge in [0, 0.05) is 6.20 Å². The molecule has 0 saturated carbocycles. The number of ketones is 1. The first-order valence-electron chi connectivity index (χ1n) is 4.30. The van der Waals surface area contributed by atoms with E-state index in [2.05, 4.69) is 0 Å². The molecule has 0 spiro atoms. The van der Waals surface area contributed by atoms with Gasteiger partial charge in [0.05, 0.1) is 17.8 Å². The number of carboxylic acids is 1. The van der Waals surface area contributed by atoms with Crippen LogP contribution in [0.1, 0.15) is 6.42 Å². The molecular weight excluding hydrogens is 182 g/mol. The third-order valence-electron chi connectivity index (χ3n) is 2.22. The van der Waals surface area contributed by atoms with Crippen molar-refractivity contribution in [2.45, 2.75) is 6.42 Å². The van der Waals surface area contributed by atoms with E-state index in [1.807, 2.05) is 6.08 Å². The van der Waals surface area contributed by atoms with Gasteiger partial charge in [0.15, 0.2) is 0 Å². The molecule has 4 nitrogen and oxygen atoms in total. The molecule has 0 amide bonds. The molecule has 0 fully saturated rings. The summed E-state index contributed by atoms with van der Waals surface area (Å²) in [4.78, 5) is 23.8. The second kappa shape index (κ2) is 3.14. The van der Waals surface area contributed by atoms with Gasteiger partial charge in [-0.3, -0.25) is 4.79 Å². The number of nitrogens with zero attached hydrogens (tertiary/aromatic N) is 1. The number of aliphatic carboxylic acids is 1. The average molecular weight is 191 g/mol. The first-order valence-corrected chi connectivity index (χ1v) is 4.30. The van der Waals surface area contributed by atoms with Crippen LogP contribution in [0.3, 0.4) is 0 Å². The van der Waals surface area contributed by atoms with Crippen molar-refractivity contribution >= 4 is 11.8 Å². The molecule has 2 aliphatic rings. The number of carbonyl (C=O) groups is 2. The van der Waals surface area contributed by atoms with Gasteiger partial charge in [-0.2, -0.15) is 0 Å². The largest absolute Gasteiger partial charge is 0.478 e. The molecule has 2 heterocycles. The molecule has 2 rings (SSSR count). The summed E-state index contributed by atoms with van der Waals surface area (Å²) in [6.45, 7) is 0.267. The fourth-order valence-corrected chi connectivity index (χ4v) is 1.54. The van der Waals surface area contributed by atoms with Crippen molar-refractivity contribution < 1.29 is 14.7 Å². The van der Waals surface area contributed by atoms with Gasteiger partial charge in [-0.05, 0) is 12.5 Å². The molecule has 1 N–H and O–H groups in total. The number of allylic oxidation sites excluding steroid dienone is 3. The summed E-state index contributed by atoms with van der Waals surface area (Å²) < 4.78 is 0. The van der Waals surface area contributed by atoms with Crippen molar-refractivity contribution in [2.75, 3.05) is 6.54 Å². The minimum Gasteiger partial charge on any atom is -0.478 e. The third kappa shape index (κ3) is 1.35. The van der Waals surface area contributed by atoms with Crippen molar-refractivity contribution in [1.82, 2.24) is 4.90 Å². The zero-order valence-corrected chi connectivity index (χ0v) is 7.43. The summed E-state index contributed by atoms with van der Waals surface area (Å²) in [5, 5.41) is 8.76. The predicted octanol–water partition coefficient (Wildman–Crippen LogP) is 0.683. The van der Waals surface area contributed by atoms with Crippen LogP contribution in [0, 0.1) is 0 Å². The second-order valence-corrected chi connectivity index (χ2v) is 3.18. The van der Waals surface area contributed by atoms with Gasteiger partial charge in [0.25, 0.3) is 0 Å². The van der Waals surface area contributed by atoms with E-state index in [1.54, 1.807) is 17.2 Å². The first kappa shape index (κ1) is 8.74. The van der Waals surface area contributed by atoms with Crippen LogP contribution in [-0.4, -0.2) is 28.3 Å². The van der Waals surface area contributed by atoms with Gasteiger partial charge in [0.1, 0.15) is 0 Å². The van der Waals surface area contributed by atoms with Gasteiger partial charge >= 0.3 is 5.97 Å². The van der Waals surface area contributed by atoms with Crippen LogP contribution in [-0.2, 0) is 9.59 Å². The highest BCUT2D eigenvalue weighted by atomic mass is 16.4. The number of rotatable bonds is 1. The van der Waals surface area contributed by atoms with Gasteiger partial charge in [-0.15, -0.1) is 0 Å². The fourth-order valence-electron chi connectivity index (χ4n) is 1.54. The lowest BCUT2D eigenvalue weighted by Gasteiger charge is -2.28. The van der Waals surface area contributed by atoms with Gasteiger partial charge in [0.2, 0.25) is 5.78 Å². The number of fused-ring (bicyclic) bond motifs is 1. The molecule has 0 atom stereocenters. The van der Waals surface area contributed by atoms with E-state index in [1.165, 1.54) is 6.08 Å². The Bertz CT molecular complexity index is 390. The van der Waals surface area contributed by atoms with E-state index >= 15 is 0 Å². The lowest BCUT2D eigenvalue weighted by atomic mass is 10.0. The van der Waals surface area contributed by atoms with Crippen LogP contribution >= 0.6 is 0 Å². The summed E-state index contributed by atoms with van der Waals surface area (Å²) in [7, 11) is 0. The molecule has 0 unspecified atom stereocenters. The molecular formula is C10H9NO3. The van der Waals surface area contributed by atoms with E-state index in [0.717, 1.165) is 6.42 Å². The Balaban J connectivity index is 2.35. The molecule has 0 bridgehead atoms. The van der Waals surface area contributed by atoms with E-state index in [9.17, 15) is 9.59 Å². The highest BCUT2D eigenvalue weighted by Crippen LogP contribution is 2.21. The normalized spacial score (nSPS) is 20.0.